The average Bonchev–Trinajstić information content (AvgIpc) is 2.86. The van der Waals surface area contributed by atoms with Crippen molar-refractivity contribution in [3.63, 3.8) is 0 Å². The maximum absolute atomic E-state index is 6.06. The molecule has 1 aromatic rings. The van der Waals surface area contributed by atoms with E-state index in [4.69, 9.17) is 10.5 Å². The van der Waals surface area contributed by atoms with Crippen LogP contribution in [0.4, 0.5) is 0 Å². The van der Waals surface area contributed by atoms with Gasteiger partial charge in [0.25, 0.3) is 0 Å². The van der Waals surface area contributed by atoms with Crippen molar-refractivity contribution in [2.24, 2.45) is 17.1 Å². The maximum atomic E-state index is 6.06. The zero-order valence-corrected chi connectivity index (χ0v) is 10.3. The van der Waals surface area contributed by atoms with Crippen LogP contribution in [-0.2, 0) is 11.2 Å². The van der Waals surface area contributed by atoms with Crippen LogP contribution in [0.1, 0.15) is 24.8 Å². The molecule has 1 aliphatic carbocycles. The summed E-state index contributed by atoms with van der Waals surface area (Å²) in [4.78, 5) is 0. The molecular weight excluding hydrogens is 218 g/mol. The van der Waals surface area contributed by atoms with Gasteiger partial charge in [-0.15, -0.1) is 0 Å². The van der Waals surface area contributed by atoms with Crippen LogP contribution in [0.2, 0.25) is 0 Å². The van der Waals surface area contributed by atoms with E-state index in [0.717, 1.165) is 31.9 Å². The van der Waals surface area contributed by atoms with E-state index in [-0.39, 0.29) is 5.41 Å². The van der Waals surface area contributed by atoms with E-state index in [1.807, 2.05) is 0 Å². The molecule has 1 saturated carbocycles. The third kappa shape index (κ3) is 1.81. The van der Waals surface area contributed by atoms with Crippen molar-refractivity contribution in [3.05, 3.63) is 22.4 Å². The van der Waals surface area contributed by atoms with Crippen LogP contribution in [-0.4, -0.2) is 19.3 Å². The van der Waals surface area contributed by atoms with E-state index in [9.17, 15) is 0 Å². The highest BCUT2D eigenvalue weighted by Crippen LogP contribution is 2.49. The number of ether oxygens (including phenoxy) is 1. The van der Waals surface area contributed by atoms with Gasteiger partial charge in [-0.2, -0.15) is 11.3 Å². The molecule has 2 N–H and O–H groups in total. The number of hydrogen-bond acceptors (Lipinski definition) is 3. The molecule has 0 aromatic carbocycles. The minimum atomic E-state index is 0.224. The normalized spacial score (nSPS) is 34.4. The van der Waals surface area contributed by atoms with E-state index in [1.165, 1.54) is 18.4 Å². The Morgan fingerprint density at radius 2 is 2.38 bits per heavy atom. The number of thiophene rings is 1. The molecule has 88 valence electrons. The molecule has 2 aliphatic rings. The van der Waals surface area contributed by atoms with Gasteiger partial charge >= 0.3 is 0 Å². The molecule has 0 amide bonds. The van der Waals surface area contributed by atoms with Crippen molar-refractivity contribution in [1.29, 1.82) is 0 Å². The van der Waals surface area contributed by atoms with Crippen LogP contribution in [0.5, 0.6) is 0 Å². The highest BCUT2D eigenvalue weighted by atomic mass is 32.1. The first-order chi connectivity index (χ1) is 7.84. The smallest absolute Gasteiger partial charge is 0.0675 e. The largest absolute Gasteiger partial charge is 0.377 e. The van der Waals surface area contributed by atoms with Crippen LogP contribution >= 0.6 is 11.3 Å². The third-order valence-electron chi connectivity index (χ3n) is 4.09. The second kappa shape index (κ2) is 4.13. The summed E-state index contributed by atoms with van der Waals surface area (Å²) >= 11 is 1.78. The second-order valence-corrected chi connectivity index (χ2v) is 6.03. The molecule has 3 heteroatoms. The lowest BCUT2D eigenvalue weighted by atomic mass is 9.74. The van der Waals surface area contributed by atoms with E-state index in [2.05, 4.69) is 16.8 Å². The highest BCUT2D eigenvalue weighted by molar-refractivity contribution is 7.07. The zero-order valence-electron chi connectivity index (χ0n) is 9.52. The lowest BCUT2D eigenvalue weighted by Crippen LogP contribution is -2.41. The van der Waals surface area contributed by atoms with Crippen molar-refractivity contribution in [2.75, 3.05) is 13.2 Å². The maximum Gasteiger partial charge on any atom is 0.0675 e. The fourth-order valence-corrected chi connectivity index (χ4v) is 3.69. The summed E-state index contributed by atoms with van der Waals surface area (Å²) in [5.41, 5.74) is 7.73. The molecule has 3 rings (SSSR count). The molecule has 0 spiro atoms. The van der Waals surface area contributed by atoms with Crippen molar-refractivity contribution in [2.45, 2.75) is 31.8 Å². The first-order valence-electron chi connectivity index (χ1n) is 6.17. The standard InChI is InChI=1S/C13H19NOS/c14-9-13(7-10-3-6-16-8-10)4-5-15-12(13)11-1-2-11/h3,6,8,11-12H,1-2,4-5,7,9,14H2. The Labute approximate surface area is 101 Å². The Morgan fingerprint density at radius 1 is 1.50 bits per heavy atom. The average molecular weight is 237 g/mol. The summed E-state index contributed by atoms with van der Waals surface area (Å²) in [5, 5.41) is 4.40. The summed E-state index contributed by atoms with van der Waals surface area (Å²) in [6.07, 6.45) is 5.36. The molecule has 2 heterocycles. The Balaban J connectivity index is 1.80. The fourth-order valence-electron chi connectivity index (χ4n) is 3.02. The molecule has 1 aliphatic heterocycles. The Morgan fingerprint density at radius 3 is 3.00 bits per heavy atom. The molecule has 2 unspecified atom stereocenters. The van der Waals surface area contributed by atoms with Crippen LogP contribution < -0.4 is 5.73 Å². The quantitative estimate of drug-likeness (QED) is 0.873. The fraction of sp³-hybridized carbons (Fsp3) is 0.692. The summed E-state index contributed by atoms with van der Waals surface area (Å²) in [5.74, 6) is 0.796. The lowest BCUT2D eigenvalue weighted by Gasteiger charge is -2.33. The van der Waals surface area contributed by atoms with Gasteiger partial charge in [0.1, 0.15) is 0 Å². The van der Waals surface area contributed by atoms with Gasteiger partial charge in [-0.1, -0.05) is 0 Å². The van der Waals surface area contributed by atoms with Crippen LogP contribution in [0, 0.1) is 11.3 Å². The molecular formula is C13H19NOS. The summed E-state index contributed by atoms with van der Waals surface area (Å²) in [6.45, 7) is 1.67. The topological polar surface area (TPSA) is 35.2 Å². The summed E-state index contributed by atoms with van der Waals surface area (Å²) in [6, 6.07) is 2.23. The molecule has 1 aromatic heterocycles. The minimum absolute atomic E-state index is 0.224. The Kier molecular flexibility index (Phi) is 2.78. The van der Waals surface area contributed by atoms with Gasteiger partial charge in [0.05, 0.1) is 6.10 Å². The first-order valence-corrected chi connectivity index (χ1v) is 7.11. The number of hydrogen-bond donors (Lipinski definition) is 1. The SMILES string of the molecule is NCC1(Cc2ccsc2)CCOC1C1CC1. The van der Waals surface area contributed by atoms with Crippen LogP contribution in [0.15, 0.2) is 16.8 Å². The predicted octanol–water partition coefficient (Wildman–Crippen LogP) is 2.43. The number of nitrogens with two attached hydrogens (primary N) is 1. The van der Waals surface area contributed by atoms with Crippen molar-refractivity contribution < 1.29 is 4.74 Å². The van der Waals surface area contributed by atoms with E-state index in [0.29, 0.717) is 6.10 Å². The molecule has 16 heavy (non-hydrogen) atoms. The third-order valence-corrected chi connectivity index (χ3v) is 4.83. The van der Waals surface area contributed by atoms with Crippen molar-refractivity contribution in [1.82, 2.24) is 0 Å². The molecule has 0 radical (unpaired) electrons. The predicted molar refractivity (Wildman–Crippen MR) is 66.6 cm³/mol. The first kappa shape index (κ1) is 10.8. The highest BCUT2D eigenvalue weighted by Gasteiger charge is 2.50. The summed E-state index contributed by atoms with van der Waals surface area (Å²) < 4.78 is 5.96. The van der Waals surface area contributed by atoms with E-state index < -0.39 is 0 Å². The van der Waals surface area contributed by atoms with Gasteiger partial charge in [-0.25, -0.2) is 0 Å². The van der Waals surface area contributed by atoms with Gasteiger partial charge in [0.15, 0.2) is 0 Å². The minimum Gasteiger partial charge on any atom is -0.377 e. The molecule has 0 bridgehead atoms. The van der Waals surface area contributed by atoms with Gasteiger partial charge in [-0.3, -0.25) is 0 Å². The van der Waals surface area contributed by atoms with Crippen LogP contribution in [0.3, 0.4) is 0 Å². The van der Waals surface area contributed by atoms with Crippen LogP contribution in [0.25, 0.3) is 0 Å². The Hall–Kier alpha value is -0.380. The van der Waals surface area contributed by atoms with Crippen molar-refractivity contribution >= 4 is 11.3 Å². The van der Waals surface area contributed by atoms with Gasteiger partial charge < -0.3 is 10.5 Å². The second-order valence-electron chi connectivity index (χ2n) is 5.25. The van der Waals surface area contributed by atoms with Gasteiger partial charge in [-0.05, 0) is 54.0 Å². The molecule has 2 atom stereocenters. The van der Waals surface area contributed by atoms with Crippen molar-refractivity contribution in [3.8, 4) is 0 Å². The van der Waals surface area contributed by atoms with E-state index >= 15 is 0 Å². The zero-order chi connectivity index (χ0) is 11.0. The number of rotatable bonds is 4. The van der Waals surface area contributed by atoms with E-state index in [1.54, 1.807) is 11.3 Å². The van der Waals surface area contributed by atoms with Gasteiger partial charge in [0, 0.05) is 18.6 Å². The molecule has 1 saturated heterocycles. The van der Waals surface area contributed by atoms with Gasteiger partial charge in [0.2, 0.25) is 0 Å². The molecule has 2 nitrogen and oxygen atoms in total. The Bertz CT molecular complexity index is 347. The lowest BCUT2D eigenvalue weighted by molar-refractivity contribution is 0.0345. The molecule has 2 fully saturated rings. The monoisotopic (exact) mass is 237 g/mol. The summed E-state index contributed by atoms with van der Waals surface area (Å²) in [7, 11) is 0.